The summed E-state index contributed by atoms with van der Waals surface area (Å²) in [6.07, 6.45) is 0. The molecule has 0 saturated carbocycles. The molecule has 0 radical (unpaired) electrons. The standard InChI is InChI=1S/C9H15N3O/c1-4-10-9-11-7(6(2)3)5-8(13)12-9/h5-6H,4H2,1-3H3,(H2,10,11,12,13). The summed E-state index contributed by atoms with van der Waals surface area (Å²) in [5.41, 5.74) is 0.717. The molecule has 0 aliphatic rings. The summed E-state index contributed by atoms with van der Waals surface area (Å²) in [4.78, 5) is 18.0. The molecule has 0 amide bonds. The summed E-state index contributed by atoms with van der Waals surface area (Å²) >= 11 is 0. The van der Waals surface area contributed by atoms with Crippen LogP contribution in [0.25, 0.3) is 0 Å². The molecule has 1 heterocycles. The van der Waals surface area contributed by atoms with E-state index < -0.39 is 0 Å². The van der Waals surface area contributed by atoms with Gasteiger partial charge in [-0.2, -0.15) is 0 Å². The highest BCUT2D eigenvalue weighted by Crippen LogP contribution is 2.09. The van der Waals surface area contributed by atoms with Crippen LogP contribution in [0.5, 0.6) is 0 Å². The molecular weight excluding hydrogens is 166 g/mol. The van der Waals surface area contributed by atoms with Crippen molar-refractivity contribution >= 4 is 5.95 Å². The van der Waals surface area contributed by atoms with Crippen molar-refractivity contribution < 1.29 is 0 Å². The fourth-order valence-electron chi connectivity index (χ4n) is 1.02. The summed E-state index contributed by atoms with van der Waals surface area (Å²) in [5.74, 6) is 0.832. The van der Waals surface area contributed by atoms with Crippen LogP contribution in [0.2, 0.25) is 0 Å². The number of hydrogen-bond acceptors (Lipinski definition) is 3. The summed E-state index contributed by atoms with van der Waals surface area (Å²) in [7, 11) is 0. The van der Waals surface area contributed by atoms with Crippen LogP contribution in [-0.2, 0) is 0 Å². The first-order chi connectivity index (χ1) is 6.13. The molecule has 2 N–H and O–H groups in total. The van der Waals surface area contributed by atoms with Crippen molar-refractivity contribution in [3.05, 3.63) is 22.1 Å². The first-order valence-electron chi connectivity index (χ1n) is 4.48. The minimum Gasteiger partial charge on any atom is -0.356 e. The molecule has 72 valence electrons. The first-order valence-corrected chi connectivity index (χ1v) is 4.48. The Morgan fingerprint density at radius 1 is 1.62 bits per heavy atom. The maximum absolute atomic E-state index is 11.2. The van der Waals surface area contributed by atoms with E-state index in [-0.39, 0.29) is 11.5 Å². The van der Waals surface area contributed by atoms with E-state index in [0.29, 0.717) is 5.95 Å². The number of H-pyrrole nitrogens is 1. The number of nitrogens with one attached hydrogen (secondary N) is 2. The van der Waals surface area contributed by atoms with Gasteiger partial charge >= 0.3 is 0 Å². The third-order valence-corrected chi connectivity index (χ3v) is 1.70. The van der Waals surface area contributed by atoms with Crippen LogP contribution < -0.4 is 10.9 Å². The molecule has 0 unspecified atom stereocenters. The Hall–Kier alpha value is -1.32. The van der Waals surface area contributed by atoms with Gasteiger partial charge in [-0.25, -0.2) is 4.98 Å². The van der Waals surface area contributed by atoms with Gasteiger partial charge in [-0.1, -0.05) is 13.8 Å². The van der Waals surface area contributed by atoms with Gasteiger partial charge in [0.05, 0.1) is 5.69 Å². The van der Waals surface area contributed by atoms with E-state index in [2.05, 4.69) is 15.3 Å². The van der Waals surface area contributed by atoms with Crippen molar-refractivity contribution in [3.8, 4) is 0 Å². The second-order valence-corrected chi connectivity index (χ2v) is 3.20. The van der Waals surface area contributed by atoms with Gasteiger partial charge in [-0.3, -0.25) is 9.78 Å². The molecule has 4 nitrogen and oxygen atoms in total. The zero-order valence-corrected chi connectivity index (χ0v) is 8.22. The van der Waals surface area contributed by atoms with Gasteiger partial charge in [0.1, 0.15) is 0 Å². The molecule has 0 fully saturated rings. The van der Waals surface area contributed by atoms with Crippen LogP contribution >= 0.6 is 0 Å². The van der Waals surface area contributed by atoms with E-state index in [1.165, 1.54) is 6.07 Å². The number of aromatic amines is 1. The van der Waals surface area contributed by atoms with Gasteiger partial charge in [0.15, 0.2) is 0 Å². The third kappa shape index (κ3) is 2.57. The maximum Gasteiger partial charge on any atom is 0.252 e. The van der Waals surface area contributed by atoms with E-state index in [0.717, 1.165) is 12.2 Å². The minimum absolute atomic E-state index is 0.102. The van der Waals surface area contributed by atoms with Gasteiger partial charge in [0.25, 0.3) is 5.56 Å². The molecule has 1 rings (SSSR count). The van der Waals surface area contributed by atoms with Crippen LogP contribution in [0.4, 0.5) is 5.95 Å². The number of nitrogens with zero attached hydrogens (tertiary/aromatic N) is 1. The lowest BCUT2D eigenvalue weighted by Gasteiger charge is -2.06. The van der Waals surface area contributed by atoms with Crippen LogP contribution in [-0.4, -0.2) is 16.5 Å². The summed E-state index contributed by atoms with van der Waals surface area (Å²) < 4.78 is 0. The van der Waals surface area contributed by atoms with Gasteiger partial charge in [-0.05, 0) is 12.8 Å². The van der Waals surface area contributed by atoms with Crippen molar-refractivity contribution in [1.29, 1.82) is 0 Å². The van der Waals surface area contributed by atoms with Crippen molar-refractivity contribution in [1.82, 2.24) is 9.97 Å². The molecule has 0 saturated heterocycles. The van der Waals surface area contributed by atoms with Crippen LogP contribution in [0.1, 0.15) is 32.4 Å². The van der Waals surface area contributed by atoms with Gasteiger partial charge in [0, 0.05) is 12.6 Å². The summed E-state index contributed by atoms with van der Waals surface area (Å²) in [5, 5.41) is 2.98. The zero-order chi connectivity index (χ0) is 9.84. The Morgan fingerprint density at radius 3 is 2.85 bits per heavy atom. The van der Waals surface area contributed by atoms with Crippen LogP contribution in [0.3, 0.4) is 0 Å². The molecule has 1 aromatic rings. The van der Waals surface area contributed by atoms with Crippen molar-refractivity contribution in [2.24, 2.45) is 0 Å². The van der Waals surface area contributed by atoms with Crippen LogP contribution in [0, 0.1) is 0 Å². The Morgan fingerprint density at radius 2 is 2.31 bits per heavy atom. The highest BCUT2D eigenvalue weighted by atomic mass is 16.1. The average molecular weight is 181 g/mol. The Balaban J connectivity index is 3.04. The molecule has 0 aliphatic heterocycles. The van der Waals surface area contributed by atoms with Crippen molar-refractivity contribution in [2.45, 2.75) is 26.7 Å². The monoisotopic (exact) mass is 181 g/mol. The second kappa shape index (κ2) is 4.07. The van der Waals surface area contributed by atoms with E-state index in [1.807, 2.05) is 20.8 Å². The summed E-state index contributed by atoms with van der Waals surface area (Å²) in [6, 6.07) is 1.53. The van der Waals surface area contributed by atoms with Gasteiger partial charge in [-0.15, -0.1) is 0 Å². The Kier molecular flexibility index (Phi) is 3.06. The molecule has 1 aromatic heterocycles. The van der Waals surface area contributed by atoms with E-state index >= 15 is 0 Å². The normalized spacial score (nSPS) is 10.5. The largest absolute Gasteiger partial charge is 0.356 e. The minimum atomic E-state index is -0.102. The topological polar surface area (TPSA) is 57.8 Å². The molecule has 0 aromatic carbocycles. The molecule has 4 heteroatoms. The fraction of sp³-hybridized carbons (Fsp3) is 0.556. The van der Waals surface area contributed by atoms with Crippen LogP contribution in [0.15, 0.2) is 10.9 Å². The highest BCUT2D eigenvalue weighted by Gasteiger charge is 2.03. The lowest BCUT2D eigenvalue weighted by molar-refractivity contribution is 0.809. The highest BCUT2D eigenvalue weighted by molar-refractivity contribution is 5.25. The molecule has 13 heavy (non-hydrogen) atoms. The van der Waals surface area contributed by atoms with Gasteiger partial charge < -0.3 is 5.32 Å². The predicted molar refractivity (Wildman–Crippen MR) is 53.1 cm³/mol. The number of anilines is 1. The third-order valence-electron chi connectivity index (χ3n) is 1.70. The molecule has 0 atom stereocenters. The van der Waals surface area contributed by atoms with E-state index in [1.54, 1.807) is 0 Å². The smallest absolute Gasteiger partial charge is 0.252 e. The quantitative estimate of drug-likeness (QED) is 0.739. The molecule has 0 bridgehead atoms. The number of rotatable bonds is 3. The summed E-state index contributed by atoms with van der Waals surface area (Å²) in [6.45, 7) is 6.74. The average Bonchev–Trinajstić information content (AvgIpc) is 2.03. The van der Waals surface area contributed by atoms with E-state index in [4.69, 9.17) is 0 Å². The number of aromatic nitrogens is 2. The lowest BCUT2D eigenvalue weighted by atomic mass is 10.1. The molecule has 0 spiro atoms. The maximum atomic E-state index is 11.2. The first kappa shape index (κ1) is 9.77. The SMILES string of the molecule is CCNc1nc(C(C)C)cc(=O)[nH]1. The molecular formula is C9H15N3O. The van der Waals surface area contributed by atoms with Crippen molar-refractivity contribution in [3.63, 3.8) is 0 Å². The number of hydrogen-bond donors (Lipinski definition) is 2. The Labute approximate surface area is 77.4 Å². The fourth-order valence-corrected chi connectivity index (χ4v) is 1.02. The lowest BCUT2D eigenvalue weighted by Crippen LogP contribution is -2.14. The van der Waals surface area contributed by atoms with Crippen molar-refractivity contribution in [2.75, 3.05) is 11.9 Å². The van der Waals surface area contributed by atoms with E-state index in [9.17, 15) is 4.79 Å². The predicted octanol–water partition coefficient (Wildman–Crippen LogP) is 1.33. The second-order valence-electron chi connectivity index (χ2n) is 3.20. The zero-order valence-electron chi connectivity index (χ0n) is 8.22. The Bertz CT molecular complexity index is 330. The molecule has 0 aliphatic carbocycles. The van der Waals surface area contributed by atoms with Gasteiger partial charge in [0.2, 0.25) is 5.95 Å².